The first-order chi connectivity index (χ1) is 25.1. The monoisotopic (exact) mass is 702 g/mol. The topological polar surface area (TPSA) is 105 Å². The van der Waals surface area contributed by atoms with Crippen LogP contribution >= 0.6 is 0 Å². The predicted octanol–water partition coefficient (Wildman–Crippen LogP) is 6.14. The number of rotatable bonds is 6. The van der Waals surface area contributed by atoms with Gasteiger partial charge in [-0.2, -0.15) is 0 Å². The molecule has 52 heavy (non-hydrogen) atoms. The molecule has 0 unspecified atom stereocenters. The molecule has 0 spiro atoms. The lowest BCUT2D eigenvalue weighted by Gasteiger charge is -2.83. The Labute approximate surface area is 304 Å². The van der Waals surface area contributed by atoms with Crippen LogP contribution in [-0.2, 0) is 38.1 Å². The van der Waals surface area contributed by atoms with Crippen LogP contribution in [0.4, 0.5) is 0 Å². The zero-order valence-corrected chi connectivity index (χ0v) is 30.4. The van der Waals surface area contributed by atoms with Crippen molar-refractivity contribution < 1.29 is 38.1 Å². The summed E-state index contributed by atoms with van der Waals surface area (Å²) in [7, 11) is 5.61. The molecule has 2 aromatic carbocycles. The van der Waals surface area contributed by atoms with Crippen molar-refractivity contribution in [2.75, 3.05) is 28.4 Å². The number of carbonyl (C=O) groups excluding carboxylic acids is 4. The predicted molar refractivity (Wildman–Crippen MR) is 191 cm³/mol. The third kappa shape index (κ3) is 3.83. The average Bonchev–Trinajstić information content (AvgIpc) is 3.17. The van der Waals surface area contributed by atoms with Gasteiger partial charge in [0.15, 0.2) is 0 Å². The van der Waals surface area contributed by atoms with Gasteiger partial charge in [0.1, 0.15) is 0 Å². The third-order valence-electron chi connectivity index (χ3n) is 15.4. The summed E-state index contributed by atoms with van der Waals surface area (Å²) >= 11 is 0. The Balaban J connectivity index is 1.35. The van der Waals surface area contributed by atoms with Crippen molar-refractivity contribution in [3.05, 3.63) is 96.1 Å². The van der Waals surface area contributed by atoms with Gasteiger partial charge in [-0.25, -0.2) is 0 Å². The number of benzene rings is 2. The molecule has 8 heteroatoms. The molecule has 0 radical (unpaired) electrons. The fraction of sp³-hybridized carbons (Fsp3) is 0.500. The van der Waals surface area contributed by atoms with Crippen molar-refractivity contribution in [2.24, 2.45) is 93.7 Å². The Kier molecular flexibility index (Phi) is 7.39. The first-order valence-electron chi connectivity index (χ1n) is 18.6. The minimum Gasteiger partial charge on any atom is -0.469 e. The molecule has 0 N–H and O–H groups in total. The van der Waals surface area contributed by atoms with Crippen LogP contribution in [0.2, 0.25) is 0 Å². The van der Waals surface area contributed by atoms with Gasteiger partial charge in [-0.3, -0.25) is 19.2 Å². The quantitative estimate of drug-likeness (QED) is 0.201. The summed E-state index contributed by atoms with van der Waals surface area (Å²) in [6.07, 6.45) is 8.73. The molecule has 0 saturated heterocycles. The number of allylic oxidation sites excluding steroid dienone is 6. The van der Waals surface area contributed by atoms with Crippen molar-refractivity contribution in [1.82, 2.24) is 0 Å². The lowest BCUT2D eigenvalue weighted by atomic mass is 9.20. The number of ether oxygens (including phenoxy) is 4. The Bertz CT molecular complexity index is 1810. The maximum atomic E-state index is 13.9. The maximum Gasteiger partial charge on any atom is 0.310 e. The van der Waals surface area contributed by atoms with Crippen molar-refractivity contribution in [3.8, 4) is 0 Å². The highest BCUT2D eigenvalue weighted by atomic mass is 16.5. The smallest absolute Gasteiger partial charge is 0.310 e. The van der Waals surface area contributed by atoms with E-state index in [1.165, 1.54) is 39.6 Å². The van der Waals surface area contributed by atoms with Gasteiger partial charge in [0.2, 0.25) is 0 Å². The summed E-state index contributed by atoms with van der Waals surface area (Å²) in [6.45, 7) is 4.82. The second-order valence-corrected chi connectivity index (χ2v) is 16.6. The third-order valence-corrected chi connectivity index (χ3v) is 15.4. The summed E-state index contributed by atoms with van der Waals surface area (Å²) in [5, 5.41) is 0. The normalized spacial score (nSPS) is 43.8. The van der Waals surface area contributed by atoms with E-state index in [1.54, 1.807) is 0 Å². The zero-order chi connectivity index (χ0) is 36.4. The molecular weight excluding hydrogens is 656 g/mol. The molecule has 0 aliphatic heterocycles. The second kappa shape index (κ2) is 11.5. The molecule has 4 saturated carbocycles. The fourth-order valence-electron chi connectivity index (χ4n) is 14.3. The summed E-state index contributed by atoms with van der Waals surface area (Å²) in [5.74, 6) is -4.72. The fourth-order valence-corrected chi connectivity index (χ4v) is 14.3. The molecule has 12 rings (SSSR count). The molecule has 0 amide bonds. The highest BCUT2D eigenvalue weighted by molar-refractivity contribution is 5.99. The van der Waals surface area contributed by atoms with Gasteiger partial charge in [-0.15, -0.1) is 0 Å². The molecule has 16 atom stereocenters. The highest BCUT2D eigenvalue weighted by Gasteiger charge is 2.83. The van der Waals surface area contributed by atoms with E-state index in [0.717, 1.165) is 11.1 Å². The van der Waals surface area contributed by atoms with Gasteiger partial charge >= 0.3 is 23.9 Å². The van der Waals surface area contributed by atoms with Gasteiger partial charge in [-0.1, -0.05) is 98.8 Å². The highest BCUT2D eigenvalue weighted by Crippen LogP contribution is 2.87. The largest absolute Gasteiger partial charge is 0.469 e. The van der Waals surface area contributed by atoms with Crippen LogP contribution in [0.1, 0.15) is 25.0 Å². The number of hydrogen-bond donors (Lipinski definition) is 0. The van der Waals surface area contributed by atoms with Crippen molar-refractivity contribution in [1.29, 1.82) is 0 Å². The van der Waals surface area contributed by atoms with Crippen LogP contribution in [0, 0.1) is 93.7 Å². The molecular formula is C44H46O8. The molecule has 10 aliphatic carbocycles. The first-order valence-corrected chi connectivity index (χ1v) is 18.6. The molecule has 10 aliphatic rings. The molecule has 270 valence electrons. The molecule has 0 heterocycles. The number of fused-ring (bicyclic) bond motifs is 2. The van der Waals surface area contributed by atoms with Crippen LogP contribution < -0.4 is 0 Å². The summed E-state index contributed by atoms with van der Waals surface area (Å²) in [6, 6.07) is 21.3. The number of esters is 4. The number of hydrogen-bond acceptors (Lipinski definition) is 8. The van der Waals surface area contributed by atoms with E-state index in [9.17, 15) is 19.2 Å². The van der Waals surface area contributed by atoms with E-state index in [-0.39, 0.29) is 83.1 Å². The number of carbonyl (C=O) groups is 4. The lowest BCUT2D eigenvalue weighted by molar-refractivity contribution is -0.291. The summed E-state index contributed by atoms with van der Waals surface area (Å²) < 4.78 is 21.8. The van der Waals surface area contributed by atoms with E-state index < -0.39 is 34.5 Å². The van der Waals surface area contributed by atoms with Crippen LogP contribution in [0.15, 0.2) is 85.0 Å². The van der Waals surface area contributed by atoms with Gasteiger partial charge in [-0.05, 0) is 81.5 Å². The van der Waals surface area contributed by atoms with Crippen LogP contribution in [0.3, 0.4) is 0 Å². The Morgan fingerprint density at radius 3 is 1.04 bits per heavy atom. The number of methoxy groups -OCH3 is 4. The summed E-state index contributed by atoms with van der Waals surface area (Å²) in [4.78, 5) is 55.1. The van der Waals surface area contributed by atoms with Gasteiger partial charge in [0, 0.05) is 10.8 Å². The van der Waals surface area contributed by atoms with Crippen molar-refractivity contribution >= 4 is 35.0 Å². The van der Waals surface area contributed by atoms with E-state index >= 15 is 0 Å². The Morgan fingerprint density at radius 2 is 0.731 bits per heavy atom. The molecule has 2 aromatic rings. The van der Waals surface area contributed by atoms with E-state index in [1.807, 2.05) is 12.1 Å². The summed E-state index contributed by atoms with van der Waals surface area (Å²) in [5.41, 5.74) is 3.88. The Morgan fingerprint density at radius 1 is 0.442 bits per heavy atom. The SMILES string of the molecule is COC(=O)[C@@H]1[C@H]2C=C[C@@H]([C@@H]1C(=O)OC)[C@@H]1[C@@H]2[C@@H]2[C@@H]1[C@@]1(C)C(c3ccccc3)=C(c3ccccc3)[C@@]2(C)[C@@H]2[C@H]3C=C[C@@H]([C@H](C(=O)OC)[C@H]3C(=O)OC)[C@@H]21. The lowest BCUT2D eigenvalue weighted by Crippen LogP contribution is -2.79. The standard InChI is InChI=1S/C44H46O8/c1-43-33(21-13-9-7-10-14-21)34(22-15-11-8-12-16-22)44(2,36-26-20-19-25(35(36)43)31(41(47)51-5)32(26)42(48)52-6)38-28-24-18-17-23(27(28)37(38)43)29(39(45)49-3)30(24)40(46)50-4/h7-20,23-32,35-38H,1-6H3/t23-,24+,25-,26-,27+,28+,29+,30-,31-,32-,35+,36-,37+,38+,43-,44-/m0/s1. The Hall–Kier alpha value is -4.46. The first kappa shape index (κ1) is 33.4. The second-order valence-electron chi connectivity index (χ2n) is 16.6. The maximum absolute atomic E-state index is 13.9. The average molecular weight is 703 g/mol. The molecule has 4 fully saturated rings. The minimum atomic E-state index is -0.686. The zero-order valence-electron chi connectivity index (χ0n) is 30.4. The minimum absolute atomic E-state index is 0.0141. The van der Waals surface area contributed by atoms with Gasteiger partial charge in [0.25, 0.3) is 0 Å². The van der Waals surface area contributed by atoms with Crippen molar-refractivity contribution in [2.45, 2.75) is 13.8 Å². The van der Waals surface area contributed by atoms with Gasteiger partial charge < -0.3 is 18.9 Å². The molecule has 8 nitrogen and oxygen atoms in total. The van der Waals surface area contributed by atoms with Crippen LogP contribution in [0.5, 0.6) is 0 Å². The van der Waals surface area contributed by atoms with Gasteiger partial charge in [0.05, 0.1) is 52.1 Å². The van der Waals surface area contributed by atoms with E-state index in [4.69, 9.17) is 18.9 Å². The van der Waals surface area contributed by atoms with Crippen LogP contribution in [-0.4, -0.2) is 52.3 Å². The van der Waals surface area contributed by atoms with E-state index in [2.05, 4.69) is 86.7 Å². The molecule has 6 bridgehead atoms. The van der Waals surface area contributed by atoms with Crippen LogP contribution in [0.25, 0.3) is 11.1 Å². The van der Waals surface area contributed by atoms with Crippen molar-refractivity contribution in [3.63, 3.8) is 0 Å². The molecule has 0 aromatic heterocycles. The van der Waals surface area contributed by atoms with E-state index in [0.29, 0.717) is 0 Å².